The van der Waals surface area contributed by atoms with E-state index in [9.17, 15) is 4.79 Å². The molecule has 1 aliphatic rings. The molecule has 0 saturated carbocycles. The first kappa shape index (κ1) is 20.7. The number of ether oxygens (including phenoxy) is 2. The van der Waals surface area contributed by atoms with Crippen molar-refractivity contribution in [3.05, 3.63) is 71.8 Å². The van der Waals surface area contributed by atoms with Crippen molar-refractivity contribution in [1.29, 1.82) is 0 Å². The summed E-state index contributed by atoms with van der Waals surface area (Å²) in [5.74, 6) is 1.19. The van der Waals surface area contributed by atoms with Crippen molar-refractivity contribution in [1.82, 2.24) is 5.32 Å². The van der Waals surface area contributed by atoms with E-state index in [-0.39, 0.29) is 11.2 Å². The Labute approximate surface area is 174 Å². The molecule has 6 nitrogen and oxygen atoms in total. The normalized spacial score (nSPS) is 17.5. The number of thioether (sulfide) groups is 1. The van der Waals surface area contributed by atoms with Crippen LogP contribution in [0.3, 0.4) is 0 Å². The number of rotatable bonds is 8. The summed E-state index contributed by atoms with van der Waals surface area (Å²) in [6, 6.07) is 13.7. The van der Waals surface area contributed by atoms with Crippen molar-refractivity contribution in [2.75, 3.05) is 13.7 Å². The van der Waals surface area contributed by atoms with Crippen molar-refractivity contribution in [2.24, 2.45) is 10.2 Å². The van der Waals surface area contributed by atoms with Gasteiger partial charge in [0, 0.05) is 0 Å². The van der Waals surface area contributed by atoms with E-state index in [0.717, 1.165) is 11.1 Å². The zero-order valence-electron chi connectivity index (χ0n) is 16.4. The number of amides is 1. The zero-order valence-corrected chi connectivity index (χ0v) is 17.2. The van der Waals surface area contributed by atoms with Crippen molar-refractivity contribution >= 4 is 29.1 Å². The van der Waals surface area contributed by atoms with Crippen LogP contribution in [0.15, 0.2) is 65.3 Å². The largest absolute Gasteiger partial charge is 0.493 e. The highest BCUT2D eigenvalue weighted by Crippen LogP contribution is 2.28. The van der Waals surface area contributed by atoms with Gasteiger partial charge < -0.3 is 14.8 Å². The van der Waals surface area contributed by atoms with Crippen LogP contribution in [0, 0.1) is 6.92 Å². The van der Waals surface area contributed by atoms with Crippen LogP contribution in [0.1, 0.15) is 16.7 Å². The fourth-order valence-electron chi connectivity index (χ4n) is 2.71. The smallest absolute Gasteiger partial charge is 0.239 e. The summed E-state index contributed by atoms with van der Waals surface area (Å²) in [4.78, 5) is 12.2. The Morgan fingerprint density at radius 2 is 2.00 bits per heavy atom. The number of benzene rings is 2. The molecule has 1 unspecified atom stereocenters. The van der Waals surface area contributed by atoms with Gasteiger partial charge in [0.15, 0.2) is 16.7 Å². The van der Waals surface area contributed by atoms with Gasteiger partial charge in [-0.1, -0.05) is 54.2 Å². The maximum absolute atomic E-state index is 12.2. The van der Waals surface area contributed by atoms with Gasteiger partial charge >= 0.3 is 0 Å². The first-order valence-corrected chi connectivity index (χ1v) is 10.0. The molecule has 1 aliphatic heterocycles. The number of hydrogen-bond acceptors (Lipinski definition) is 6. The Morgan fingerprint density at radius 1 is 1.21 bits per heavy atom. The van der Waals surface area contributed by atoms with Gasteiger partial charge in [0.05, 0.1) is 18.6 Å². The maximum Gasteiger partial charge on any atom is 0.239 e. The molecule has 3 rings (SSSR count). The van der Waals surface area contributed by atoms with E-state index >= 15 is 0 Å². The molecule has 1 N–H and O–H groups in total. The van der Waals surface area contributed by atoms with Crippen molar-refractivity contribution in [3.8, 4) is 11.5 Å². The lowest BCUT2D eigenvalue weighted by Crippen LogP contribution is -2.25. The molecule has 1 amide bonds. The SMILES string of the molecule is C=CCOc1ccc(/C=N/N=C2\NC(=O)C(Cc3ccc(C)cc3)S2)cc1OC. The lowest BCUT2D eigenvalue weighted by atomic mass is 10.1. The minimum absolute atomic E-state index is 0.0464. The highest BCUT2D eigenvalue weighted by molar-refractivity contribution is 8.15. The van der Waals surface area contributed by atoms with Crippen LogP contribution in [0.25, 0.3) is 0 Å². The van der Waals surface area contributed by atoms with Crippen molar-refractivity contribution in [2.45, 2.75) is 18.6 Å². The van der Waals surface area contributed by atoms with Crippen LogP contribution in [0.4, 0.5) is 0 Å². The monoisotopic (exact) mass is 409 g/mol. The molecular weight excluding hydrogens is 386 g/mol. The Balaban J connectivity index is 1.62. The van der Waals surface area contributed by atoms with Gasteiger partial charge in [-0.15, -0.1) is 5.10 Å². The number of methoxy groups -OCH3 is 1. The Morgan fingerprint density at radius 3 is 2.72 bits per heavy atom. The van der Waals surface area contributed by atoms with Crippen LogP contribution in [0.2, 0.25) is 0 Å². The van der Waals surface area contributed by atoms with E-state index in [1.165, 1.54) is 17.3 Å². The maximum atomic E-state index is 12.2. The molecule has 0 aromatic heterocycles. The molecule has 29 heavy (non-hydrogen) atoms. The second kappa shape index (κ2) is 9.93. The second-order valence-electron chi connectivity index (χ2n) is 6.45. The third-order valence-electron chi connectivity index (χ3n) is 4.22. The summed E-state index contributed by atoms with van der Waals surface area (Å²) in [5, 5.41) is 11.3. The molecule has 1 saturated heterocycles. The summed E-state index contributed by atoms with van der Waals surface area (Å²) in [6.07, 6.45) is 3.93. The van der Waals surface area contributed by atoms with Gasteiger partial charge in [0.1, 0.15) is 6.61 Å². The molecule has 2 aromatic carbocycles. The van der Waals surface area contributed by atoms with E-state index in [2.05, 4.69) is 22.1 Å². The van der Waals surface area contributed by atoms with Crippen LogP contribution in [0.5, 0.6) is 11.5 Å². The number of aryl methyl sites for hydroxylation is 1. The van der Waals surface area contributed by atoms with E-state index < -0.39 is 0 Å². The Hall–Kier alpha value is -3.06. The zero-order chi connectivity index (χ0) is 20.6. The number of nitrogens with zero attached hydrogens (tertiary/aromatic N) is 2. The standard InChI is InChI=1S/C22H23N3O3S/c1-4-11-28-18-10-9-17(12-19(18)27-3)14-23-25-22-24-21(26)20(29-22)13-16-7-5-15(2)6-8-16/h4-10,12,14,20H,1,11,13H2,2-3H3,(H,24,25,26)/b23-14+. The fourth-order valence-corrected chi connectivity index (χ4v) is 3.67. The average Bonchev–Trinajstić information content (AvgIpc) is 3.07. The fraction of sp³-hybridized carbons (Fsp3) is 0.227. The molecule has 1 heterocycles. The van der Waals surface area contributed by atoms with Crippen molar-refractivity contribution < 1.29 is 14.3 Å². The van der Waals surface area contributed by atoms with Gasteiger partial charge in [-0.05, 0) is 42.7 Å². The quantitative estimate of drug-likeness (QED) is 0.410. The van der Waals surface area contributed by atoms with Gasteiger partial charge in [0.25, 0.3) is 0 Å². The summed E-state index contributed by atoms with van der Waals surface area (Å²) in [6.45, 7) is 6.07. The summed E-state index contributed by atoms with van der Waals surface area (Å²) in [7, 11) is 1.58. The van der Waals surface area contributed by atoms with E-state index in [0.29, 0.717) is 29.7 Å². The molecule has 1 atom stereocenters. The van der Waals surface area contributed by atoms with Gasteiger partial charge in [-0.2, -0.15) is 5.10 Å². The van der Waals surface area contributed by atoms with Gasteiger partial charge in [0.2, 0.25) is 5.91 Å². The number of amidine groups is 1. The molecule has 0 radical (unpaired) electrons. The molecule has 1 fully saturated rings. The predicted molar refractivity (Wildman–Crippen MR) is 118 cm³/mol. The first-order valence-electron chi connectivity index (χ1n) is 9.15. The van der Waals surface area contributed by atoms with Crippen LogP contribution in [-0.4, -0.2) is 36.3 Å². The van der Waals surface area contributed by atoms with Gasteiger partial charge in [-0.25, -0.2) is 0 Å². The van der Waals surface area contributed by atoms with Crippen LogP contribution < -0.4 is 14.8 Å². The summed E-state index contributed by atoms with van der Waals surface area (Å²) in [5.41, 5.74) is 3.13. The predicted octanol–water partition coefficient (Wildman–Crippen LogP) is 3.73. The molecule has 0 aliphatic carbocycles. The topological polar surface area (TPSA) is 72.3 Å². The third-order valence-corrected chi connectivity index (χ3v) is 5.29. The lowest BCUT2D eigenvalue weighted by Gasteiger charge is -2.09. The first-order chi connectivity index (χ1) is 14.1. The minimum atomic E-state index is -0.201. The third kappa shape index (κ3) is 5.71. The number of carbonyl (C=O) groups excluding carboxylic acids is 1. The number of carbonyl (C=O) groups is 1. The van der Waals surface area contributed by atoms with Crippen LogP contribution >= 0.6 is 11.8 Å². The van der Waals surface area contributed by atoms with Crippen LogP contribution in [-0.2, 0) is 11.2 Å². The molecule has 7 heteroatoms. The molecule has 0 spiro atoms. The van der Waals surface area contributed by atoms with Gasteiger partial charge in [-0.3, -0.25) is 4.79 Å². The molecule has 150 valence electrons. The molecule has 2 aromatic rings. The second-order valence-corrected chi connectivity index (χ2v) is 7.64. The average molecular weight is 410 g/mol. The number of nitrogens with one attached hydrogen (secondary N) is 1. The highest BCUT2D eigenvalue weighted by atomic mass is 32.2. The van der Waals surface area contributed by atoms with Crippen molar-refractivity contribution in [3.63, 3.8) is 0 Å². The van der Waals surface area contributed by atoms with E-state index in [1.54, 1.807) is 25.5 Å². The Kier molecular flexibility index (Phi) is 7.08. The van der Waals surface area contributed by atoms with E-state index in [4.69, 9.17) is 9.47 Å². The molecular formula is C22H23N3O3S. The highest BCUT2D eigenvalue weighted by Gasteiger charge is 2.30. The summed E-state index contributed by atoms with van der Waals surface area (Å²) < 4.78 is 10.9. The lowest BCUT2D eigenvalue weighted by molar-refractivity contribution is -0.118. The van der Waals surface area contributed by atoms with E-state index in [1.807, 2.05) is 43.3 Å². The Bertz CT molecular complexity index is 939. The number of hydrogen-bond donors (Lipinski definition) is 1. The summed E-state index contributed by atoms with van der Waals surface area (Å²) >= 11 is 1.39. The molecule has 0 bridgehead atoms. The minimum Gasteiger partial charge on any atom is -0.493 e.